The van der Waals surface area contributed by atoms with E-state index in [2.05, 4.69) is 21.7 Å². The maximum Gasteiger partial charge on any atom is 0.120 e. The Labute approximate surface area is 111 Å². The topological polar surface area (TPSA) is 53.1 Å². The molecule has 0 amide bonds. The molecule has 0 aliphatic heterocycles. The number of ether oxygens (including phenoxy) is 1. The van der Waals surface area contributed by atoms with Gasteiger partial charge in [0.25, 0.3) is 0 Å². The third-order valence-electron chi connectivity index (χ3n) is 3.30. The number of anilines is 1. The van der Waals surface area contributed by atoms with Crippen LogP contribution in [0.4, 0.5) is 5.69 Å². The van der Waals surface area contributed by atoms with E-state index in [-0.39, 0.29) is 0 Å². The van der Waals surface area contributed by atoms with E-state index in [1.165, 1.54) is 0 Å². The van der Waals surface area contributed by atoms with Crippen molar-refractivity contribution in [3.8, 4) is 17.1 Å². The molecule has 0 saturated heterocycles. The molecular formula is C15H15N3O. The zero-order chi connectivity index (χ0) is 13.4. The summed E-state index contributed by atoms with van der Waals surface area (Å²) in [5.41, 5.74) is 9.43. The van der Waals surface area contributed by atoms with E-state index in [0.29, 0.717) is 5.69 Å². The molecule has 0 unspecified atom stereocenters. The minimum Gasteiger partial charge on any atom is -0.497 e. The molecule has 2 heterocycles. The summed E-state index contributed by atoms with van der Waals surface area (Å²) in [7, 11) is 3.70. The van der Waals surface area contributed by atoms with E-state index in [9.17, 15) is 0 Å². The Morgan fingerprint density at radius 1 is 1.16 bits per heavy atom. The van der Waals surface area contributed by atoms with Gasteiger partial charge in [-0.15, -0.1) is 0 Å². The molecule has 0 saturated carbocycles. The molecule has 4 heteroatoms. The first kappa shape index (κ1) is 11.6. The van der Waals surface area contributed by atoms with Crippen molar-refractivity contribution in [2.75, 3.05) is 12.8 Å². The summed E-state index contributed by atoms with van der Waals surface area (Å²) in [4.78, 5) is 4.37. The fourth-order valence-corrected chi connectivity index (χ4v) is 2.24. The number of nitrogens with two attached hydrogens (primary N) is 1. The first-order valence-electron chi connectivity index (χ1n) is 6.04. The first-order chi connectivity index (χ1) is 9.19. The molecule has 0 spiro atoms. The molecule has 0 aliphatic rings. The van der Waals surface area contributed by atoms with Gasteiger partial charge < -0.3 is 15.0 Å². The smallest absolute Gasteiger partial charge is 0.120 e. The number of nitrogens with zero attached hydrogens (tertiary/aromatic N) is 2. The van der Waals surface area contributed by atoms with Crippen LogP contribution in [0.25, 0.3) is 22.3 Å². The highest BCUT2D eigenvalue weighted by Crippen LogP contribution is 2.28. The maximum absolute atomic E-state index is 5.67. The number of fused-ring (bicyclic) bond motifs is 1. The van der Waals surface area contributed by atoms with E-state index in [1.807, 2.05) is 31.3 Å². The molecule has 2 N–H and O–H groups in total. The summed E-state index contributed by atoms with van der Waals surface area (Å²) in [5.74, 6) is 0.852. The fourth-order valence-electron chi connectivity index (χ4n) is 2.24. The molecule has 0 aliphatic carbocycles. The minimum absolute atomic E-state index is 0.671. The molecule has 0 radical (unpaired) electrons. The number of pyridine rings is 1. The van der Waals surface area contributed by atoms with Gasteiger partial charge in [0.05, 0.1) is 35.9 Å². The van der Waals surface area contributed by atoms with Gasteiger partial charge in [0.2, 0.25) is 0 Å². The van der Waals surface area contributed by atoms with E-state index >= 15 is 0 Å². The summed E-state index contributed by atoms with van der Waals surface area (Å²) in [6, 6.07) is 11.9. The lowest BCUT2D eigenvalue weighted by Gasteiger charge is -2.05. The predicted octanol–water partition coefficient (Wildman–Crippen LogP) is 2.83. The van der Waals surface area contributed by atoms with Gasteiger partial charge in [-0.1, -0.05) is 0 Å². The van der Waals surface area contributed by atoms with Gasteiger partial charge >= 0.3 is 0 Å². The lowest BCUT2D eigenvalue weighted by atomic mass is 10.2. The van der Waals surface area contributed by atoms with E-state index in [0.717, 1.165) is 28.0 Å². The number of aromatic nitrogens is 2. The number of nitrogen functional groups attached to an aromatic ring is 1. The van der Waals surface area contributed by atoms with Gasteiger partial charge in [-0.2, -0.15) is 0 Å². The predicted molar refractivity (Wildman–Crippen MR) is 77.1 cm³/mol. The van der Waals surface area contributed by atoms with Crippen molar-refractivity contribution < 1.29 is 4.74 Å². The van der Waals surface area contributed by atoms with Crippen molar-refractivity contribution in [2.24, 2.45) is 7.05 Å². The molecule has 0 bridgehead atoms. The quantitative estimate of drug-likeness (QED) is 0.764. The lowest BCUT2D eigenvalue weighted by molar-refractivity contribution is 0.415. The van der Waals surface area contributed by atoms with Crippen molar-refractivity contribution >= 4 is 16.6 Å². The second kappa shape index (κ2) is 4.31. The average Bonchev–Trinajstić information content (AvgIpc) is 2.76. The summed E-state index contributed by atoms with van der Waals surface area (Å²) >= 11 is 0. The Balaban J connectivity index is 2.19. The summed E-state index contributed by atoms with van der Waals surface area (Å²) in [5, 5.41) is 1.16. The number of hydrogen-bond acceptors (Lipinski definition) is 3. The molecule has 0 fully saturated rings. The van der Waals surface area contributed by atoms with Crippen LogP contribution >= 0.6 is 0 Å². The monoisotopic (exact) mass is 253 g/mol. The summed E-state index contributed by atoms with van der Waals surface area (Å²) in [6.45, 7) is 0. The Kier molecular flexibility index (Phi) is 2.63. The first-order valence-corrected chi connectivity index (χ1v) is 6.04. The molecule has 2 aromatic heterocycles. The zero-order valence-corrected chi connectivity index (χ0v) is 10.9. The molecule has 1 aromatic carbocycles. The van der Waals surface area contributed by atoms with E-state index in [4.69, 9.17) is 10.5 Å². The van der Waals surface area contributed by atoms with Crippen LogP contribution in [0.3, 0.4) is 0 Å². The average molecular weight is 253 g/mol. The Morgan fingerprint density at radius 3 is 2.68 bits per heavy atom. The number of methoxy groups -OCH3 is 1. The molecule has 4 nitrogen and oxygen atoms in total. The Hall–Kier alpha value is -2.49. The van der Waals surface area contributed by atoms with Crippen molar-refractivity contribution in [1.29, 1.82) is 0 Å². The summed E-state index contributed by atoms with van der Waals surface area (Å²) in [6.07, 6.45) is 1.67. The Bertz CT molecular complexity index is 729. The second-order valence-electron chi connectivity index (χ2n) is 4.49. The number of rotatable bonds is 2. The summed E-state index contributed by atoms with van der Waals surface area (Å²) < 4.78 is 7.37. The molecule has 19 heavy (non-hydrogen) atoms. The van der Waals surface area contributed by atoms with Crippen LogP contribution in [-0.4, -0.2) is 16.7 Å². The van der Waals surface area contributed by atoms with Crippen LogP contribution < -0.4 is 10.5 Å². The van der Waals surface area contributed by atoms with Crippen LogP contribution in [0, 0.1) is 0 Å². The van der Waals surface area contributed by atoms with E-state index < -0.39 is 0 Å². The Morgan fingerprint density at radius 2 is 2.00 bits per heavy atom. The van der Waals surface area contributed by atoms with E-state index in [1.54, 1.807) is 13.3 Å². The highest BCUT2D eigenvalue weighted by molar-refractivity contribution is 5.87. The normalized spacial score (nSPS) is 10.8. The van der Waals surface area contributed by atoms with Crippen LogP contribution in [0.2, 0.25) is 0 Å². The highest BCUT2D eigenvalue weighted by atomic mass is 16.5. The number of hydrogen-bond donors (Lipinski definition) is 1. The standard InChI is InChI=1S/C15H15N3O/c1-18-14-8-12(19-2)5-3-10(14)7-15(18)13-6-4-11(16)9-17-13/h3-9H,16H2,1-2H3. The highest BCUT2D eigenvalue weighted by Gasteiger charge is 2.09. The third-order valence-corrected chi connectivity index (χ3v) is 3.30. The van der Waals surface area contributed by atoms with Gasteiger partial charge in [0, 0.05) is 18.5 Å². The van der Waals surface area contributed by atoms with Crippen molar-refractivity contribution in [3.05, 3.63) is 42.6 Å². The zero-order valence-electron chi connectivity index (χ0n) is 10.9. The van der Waals surface area contributed by atoms with Crippen molar-refractivity contribution in [3.63, 3.8) is 0 Å². The molecule has 3 aromatic rings. The lowest BCUT2D eigenvalue weighted by Crippen LogP contribution is -1.94. The van der Waals surface area contributed by atoms with Gasteiger partial charge in [-0.05, 0) is 30.3 Å². The molecule has 96 valence electrons. The van der Waals surface area contributed by atoms with Gasteiger partial charge in [-0.25, -0.2) is 0 Å². The van der Waals surface area contributed by atoms with Crippen molar-refractivity contribution in [1.82, 2.24) is 9.55 Å². The van der Waals surface area contributed by atoms with Gasteiger partial charge in [-0.3, -0.25) is 4.98 Å². The van der Waals surface area contributed by atoms with Gasteiger partial charge in [0.15, 0.2) is 0 Å². The third kappa shape index (κ3) is 1.91. The SMILES string of the molecule is COc1ccc2cc(-c3ccc(N)cn3)n(C)c2c1. The number of benzene rings is 1. The molecule has 0 atom stereocenters. The maximum atomic E-state index is 5.67. The number of aryl methyl sites for hydroxylation is 1. The van der Waals surface area contributed by atoms with Gasteiger partial charge in [0.1, 0.15) is 5.75 Å². The minimum atomic E-state index is 0.671. The van der Waals surface area contributed by atoms with Crippen LogP contribution in [0.15, 0.2) is 42.6 Å². The van der Waals surface area contributed by atoms with Crippen LogP contribution in [0.1, 0.15) is 0 Å². The molecular weight excluding hydrogens is 238 g/mol. The van der Waals surface area contributed by atoms with Crippen LogP contribution in [0.5, 0.6) is 5.75 Å². The second-order valence-corrected chi connectivity index (χ2v) is 4.49. The molecule has 3 rings (SSSR count). The van der Waals surface area contributed by atoms with Crippen LogP contribution in [-0.2, 0) is 7.05 Å². The fraction of sp³-hybridized carbons (Fsp3) is 0.133. The largest absolute Gasteiger partial charge is 0.497 e. The van der Waals surface area contributed by atoms with Crippen molar-refractivity contribution in [2.45, 2.75) is 0 Å².